The van der Waals surface area contributed by atoms with E-state index in [0.717, 1.165) is 20.4 Å². The van der Waals surface area contributed by atoms with Gasteiger partial charge in [0.15, 0.2) is 0 Å². The number of rotatable bonds is 3. The van der Waals surface area contributed by atoms with Gasteiger partial charge in [0.05, 0.1) is 10.2 Å². The Labute approximate surface area is 116 Å². The lowest BCUT2D eigenvalue weighted by Crippen LogP contribution is -2.16. The summed E-state index contributed by atoms with van der Waals surface area (Å²) in [4.78, 5) is 0. The number of halogens is 1. The Morgan fingerprint density at radius 2 is 2.00 bits per heavy atom. The van der Waals surface area contributed by atoms with Gasteiger partial charge in [-0.3, -0.25) is 0 Å². The number of benzene rings is 1. The number of phenolic OH excluding ortho intramolecular Hbond substituents is 1. The molecule has 1 rings (SSSR count). The SMILES string of the molecule is CCOc1c(C(C)(C)C)cc(CN)c(O)c1I. The van der Waals surface area contributed by atoms with E-state index in [2.05, 4.69) is 43.4 Å². The fraction of sp³-hybridized carbons (Fsp3) is 0.538. The van der Waals surface area contributed by atoms with E-state index in [1.807, 2.05) is 13.0 Å². The van der Waals surface area contributed by atoms with Gasteiger partial charge in [0.1, 0.15) is 11.5 Å². The highest BCUT2D eigenvalue weighted by molar-refractivity contribution is 14.1. The average Bonchev–Trinajstić information content (AvgIpc) is 2.24. The van der Waals surface area contributed by atoms with Crippen LogP contribution in [0.25, 0.3) is 0 Å². The van der Waals surface area contributed by atoms with Crippen LogP contribution in [0.3, 0.4) is 0 Å². The molecule has 1 aromatic carbocycles. The maximum Gasteiger partial charge on any atom is 0.140 e. The zero-order valence-electron chi connectivity index (χ0n) is 10.8. The van der Waals surface area contributed by atoms with Crippen molar-refractivity contribution in [2.24, 2.45) is 5.73 Å². The van der Waals surface area contributed by atoms with E-state index in [1.54, 1.807) is 0 Å². The molecule has 0 atom stereocenters. The second-order valence-corrected chi connectivity index (χ2v) is 6.04. The Balaban J connectivity index is 3.50. The Bertz CT molecular complexity index is 411. The molecule has 3 N–H and O–H groups in total. The molecule has 0 fully saturated rings. The van der Waals surface area contributed by atoms with Crippen molar-refractivity contribution in [2.75, 3.05) is 6.61 Å². The lowest BCUT2D eigenvalue weighted by Gasteiger charge is -2.25. The van der Waals surface area contributed by atoms with Crippen LogP contribution in [0, 0.1) is 3.57 Å². The van der Waals surface area contributed by atoms with Gasteiger partial charge in [0.25, 0.3) is 0 Å². The van der Waals surface area contributed by atoms with Gasteiger partial charge in [-0.25, -0.2) is 0 Å². The van der Waals surface area contributed by atoms with Gasteiger partial charge in [0, 0.05) is 17.7 Å². The first-order valence-electron chi connectivity index (χ1n) is 5.70. The average molecular weight is 349 g/mol. The largest absolute Gasteiger partial charge is 0.506 e. The number of hydrogen-bond acceptors (Lipinski definition) is 3. The third-order valence-corrected chi connectivity index (χ3v) is 3.59. The molecular formula is C13H20INO2. The molecule has 0 amide bonds. The molecule has 0 spiro atoms. The van der Waals surface area contributed by atoms with Crippen LogP contribution in [0.15, 0.2) is 6.07 Å². The van der Waals surface area contributed by atoms with Crippen LogP contribution in [0.5, 0.6) is 11.5 Å². The fourth-order valence-corrected chi connectivity index (χ4v) is 2.47. The van der Waals surface area contributed by atoms with Crippen LogP contribution in [0.1, 0.15) is 38.8 Å². The van der Waals surface area contributed by atoms with Gasteiger partial charge in [-0.15, -0.1) is 0 Å². The fourth-order valence-electron chi connectivity index (χ4n) is 1.67. The third kappa shape index (κ3) is 3.04. The maximum atomic E-state index is 10.0. The molecule has 3 nitrogen and oxygen atoms in total. The van der Waals surface area contributed by atoms with Gasteiger partial charge in [0.2, 0.25) is 0 Å². The van der Waals surface area contributed by atoms with Crippen molar-refractivity contribution in [3.63, 3.8) is 0 Å². The molecule has 0 saturated heterocycles. The van der Waals surface area contributed by atoms with E-state index in [1.165, 1.54) is 0 Å². The molecule has 96 valence electrons. The number of ether oxygens (including phenoxy) is 1. The molecule has 17 heavy (non-hydrogen) atoms. The topological polar surface area (TPSA) is 55.5 Å². The van der Waals surface area contributed by atoms with E-state index in [9.17, 15) is 5.11 Å². The molecule has 0 aromatic heterocycles. The van der Waals surface area contributed by atoms with Crippen LogP contribution in [0.2, 0.25) is 0 Å². The molecule has 0 radical (unpaired) electrons. The molecule has 1 aromatic rings. The third-order valence-electron chi connectivity index (χ3n) is 2.59. The Morgan fingerprint density at radius 1 is 1.41 bits per heavy atom. The van der Waals surface area contributed by atoms with E-state index < -0.39 is 0 Å². The summed E-state index contributed by atoms with van der Waals surface area (Å²) in [5, 5.41) is 10.0. The monoisotopic (exact) mass is 349 g/mol. The summed E-state index contributed by atoms with van der Waals surface area (Å²) < 4.78 is 6.41. The minimum absolute atomic E-state index is 0.0396. The van der Waals surface area contributed by atoms with Gasteiger partial charge < -0.3 is 15.6 Å². The van der Waals surface area contributed by atoms with Crippen molar-refractivity contribution in [1.82, 2.24) is 0 Å². The van der Waals surface area contributed by atoms with Gasteiger partial charge in [-0.2, -0.15) is 0 Å². The minimum atomic E-state index is -0.0396. The number of hydrogen-bond donors (Lipinski definition) is 2. The minimum Gasteiger partial charge on any atom is -0.506 e. The van der Waals surface area contributed by atoms with Crippen molar-refractivity contribution in [2.45, 2.75) is 39.7 Å². The molecule has 0 aliphatic rings. The van der Waals surface area contributed by atoms with E-state index in [0.29, 0.717) is 13.2 Å². The Morgan fingerprint density at radius 3 is 2.41 bits per heavy atom. The van der Waals surface area contributed by atoms with Crippen molar-refractivity contribution in [1.29, 1.82) is 0 Å². The smallest absolute Gasteiger partial charge is 0.140 e. The summed E-state index contributed by atoms with van der Waals surface area (Å²) >= 11 is 2.11. The van der Waals surface area contributed by atoms with Crippen molar-refractivity contribution in [3.05, 3.63) is 20.8 Å². The molecule has 4 heteroatoms. The first-order chi connectivity index (χ1) is 7.82. The zero-order valence-corrected chi connectivity index (χ0v) is 13.0. The predicted molar refractivity (Wildman–Crippen MR) is 78.6 cm³/mol. The van der Waals surface area contributed by atoms with Crippen LogP contribution in [-0.4, -0.2) is 11.7 Å². The highest BCUT2D eigenvalue weighted by Gasteiger charge is 2.24. The normalized spacial score (nSPS) is 11.6. The molecule has 0 unspecified atom stereocenters. The summed E-state index contributed by atoms with van der Waals surface area (Å²) in [6, 6.07) is 1.95. The summed E-state index contributed by atoms with van der Waals surface area (Å²) in [5.41, 5.74) is 7.46. The van der Waals surface area contributed by atoms with Crippen LogP contribution in [-0.2, 0) is 12.0 Å². The first-order valence-corrected chi connectivity index (χ1v) is 6.78. The molecule has 0 aliphatic heterocycles. The van der Waals surface area contributed by atoms with Crippen LogP contribution >= 0.6 is 22.6 Å². The van der Waals surface area contributed by atoms with E-state index >= 15 is 0 Å². The lowest BCUT2D eigenvalue weighted by molar-refractivity contribution is 0.323. The highest BCUT2D eigenvalue weighted by Crippen LogP contribution is 2.41. The molecular weight excluding hydrogens is 329 g/mol. The molecule has 0 saturated carbocycles. The number of nitrogens with two attached hydrogens (primary N) is 1. The standard InChI is InChI=1S/C13H20INO2/c1-5-17-12-9(13(2,3)4)6-8(7-15)11(16)10(12)14/h6,16H,5,7,15H2,1-4H3. The van der Waals surface area contributed by atoms with Gasteiger partial charge in [-0.05, 0) is 41.0 Å². The van der Waals surface area contributed by atoms with Crippen molar-refractivity contribution >= 4 is 22.6 Å². The second-order valence-electron chi connectivity index (χ2n) is 4.96. The highest BCUT2D eigenvalue weighted by atomic mass is 127. The lowest BCUT2D eigenvalue weighted by atomic mass is 9.85. The first kappa shape index (κ1) is 14.6. The van der Waals surface area contributed by atoms with E-state index in [4.69, 9.17) is 10.5 Å². The van der Waals surface area contributed by atoms with Crippen molar-refractivity contribution < 1.29 is 9.84 Å². The molecule has 0 aliphatic carbocycles. The Hall–Kier alpha value is -0.490. The van der Waals surface area contributed by atoms with Gasteiger partial charge >= 0.3 is 0 Å². The van der Waals surface area contributed by atoms with E-state index in [-0.39, 0.29) is 11.2 Å². The summed E-state index contributed by atoms with van der Waals surface area (Å²) in [6.07, 6.45) is 0. The van der Waals surface area contributed by atoms with Crippen molar-refractivity contribution in [3.8, 4) is 11.5 Å². The summed E-state index contributed by atoms with van der Waals surface area (Å²) in [7, 11) is 0. The number of phenols is 1. The number of aromatic hydroxyl groups is 1. The van der Waals surface area contributed by atoms with Crippen LogP contribution in [0.4, 0.5) is 0 Å². The summed E-state index contributed by atoms with van der Waals surface area (Å²) in [5.74, 6) is 1.01. The molecule has 0 bridgehead atoms. The summed E-state index contributed by atoms with van der Waals surface area (Å²) in [6.45, 7) is 9.23. The van der Waals surface area contributed by atoms with Crippen LogP contribution < -0.4 is 10.5 Å². The van der Waals surface area contributed by atoms with Gasteiger partial charge in [-0.1, -0.05) is 20.8 Å². The Kier molecular flexibility index (Phi) is 4.66. The second kappa shape index (κ2) is 5.44. The predicted octanol–water partition coefficient (Wildman–Crippen LogP) is 3.15. The quantitative estimate of drug-likeness (QED) is 0.825. The maximum absolute atomic E-state index is 10.0. The zero-order chi connectivity index (χ0) is 13.2. The molecule has 0 heterocycles.